The summed E-state index contributed by atoms with van der Waals surface area (Å²) in [5.41, 5.74) is 0.381. The van der Waals surface area contributed by atoms with E-state index in [4.69, 9.17) is 5.11 Å². The van der Waals surface area contributed by atoms with Crippen LogP contribution in [0.2, 0.25) is 0 Å². The molecule has 0 aliphatic carbocycles. The molecule has 0 aliphatic heterocycles. The molecule has 1 rings (SSSR count). The van der Waals surface area contributed by atoms with Crippen LogP contribution in [0, 0.1) is 0 Å². The van der Waals surface area contributed by atoms with Crippen molar-refractivity contribution in [3.63, 3.8) is 0 Å². The molecule has 0 fully saturated rings. The largest absolute Gasteiger partial charge is 0.478 e. The van der Waals surface area contributed by atoms with Gasteiger partial charge >= 0.3 is 12.1 Å². The number of halogens is 3. The maximum Gasteiger partial charge on any atom is 0.405 e. The summed E-state index contributed by atoms with van der Waals surface area (Å²) in [4.78, 5) is 15.9. The van der Waals surface area contributed by atoms with E-state index < -0.39 is 18.7 Å². The lowest BCUT2D eigenvalue weighted by Gasteiger charge is -2.21. The summed E-state index contributed by atoms with van der Waals surface area (Å²) in [6, 6.07) is 2.51. The standard InChI is InChI=1S/C12H15F3N2O2/c1-7(2)9-4-8(11(18)19)5-10(16-9)17(3)6-12(13,14)15/h4-5,7H,6H2,1-3H3,(H,18,19). The third-order valence-electron chi connectivity index (χ3n) is 2.48. The van der Waals surface area contributed by atoms with Crippen molar-refractivity contribution in [1.29, 1.82) is 0 Å². The molecule has 0 aliphatic rings. The van der Waals surface area contributed by atoms with Crippen LogP contribution < -0.4 is 4.90 Å². The lowest BCUT2D eigenvalue weighted by molar-refractivity contribution is -0.119. The smallest absolute Gasteiger partial charge is 0.405 e. The Kier molecular flexibility index (Phi) is 4.39. The fraction of sp³-hybridized carbons (Fsp3) is 0.500. The minimum Gasteiger partial charge on any atom is -0.478 e. The molecule has 0 atom stereocenters. The zero-order valence-electron chi connectivity index (χ0n) is 10.8. The molecule has 0 bridgehead atoms. The van der Waals surface area contributed by atoms with Gasteiger partial charge in [0.15, 0.2) is 0 Å². The maximum atomic E-state index is 12.3. The molecule has 1 N–H and O–H groups in total. The van der Waals surface area contributed by atoms with Crippen LogP contribution >= 0.6 is 0 Å². The van der Waals surface area contributed by atoms with Crippen LogP contribution in [0.15, 0.2) is 12.1 Å². The number of aromatic nitrogens is 1. The topological polar surface area (TPSA) is 53.4 Å². The molecule has 0 saturated heterocycles. The average Bonchev–Trinajstić information content (AvgIpc) is 2.25. The van der Waals surface area contributed by atoms with Gasteiger partial charge in [0.2, 0.25) is 0 Å². The van der Waals surface area contributed by atoms with Crippen molar-refractivity contribution in [2.75, 3.05) is 18.5 Å². The summed E-state index contributed by atoms with van der Waals surface area (Å²) < 4.78 is 37.0. The van der Waals surface area contributed by atoms with Crippen LogP contribution in [0.4, 0.5) is 19.0 Å². The molecule has 1 aromatic rings. The Morgan fingerprint density at radius 2 is 2.00 bits per heavy atom. The van der Waals surface area contributed by atoms with Crippen molar-refractivity contribution in [2.45, 2.75) is 25.9 Å². The summed E-state index contributed by atoms with van der Waals surface area (Å²) in [6.45, 7) is 2.41. The van der Waals surface area contributed by atoms with Crippen molar-refractivity contribution in [3.8, 4) is 0 Å². The third kappa shape index (κ3) is 4.42. The number of nitrogens with zero attached hydrogens (tertiary/aromatic N) is 2. The average molecular weight is 276 g/mol. The Balaban J connectivity index is 3.16. The first-order valence-corrected chi connectivity index (χ1v) is 5.63. The van der Waals surface area contributed by atoms with Gasteiger partial charge in [0, 0.05) is 12.7 Å². The number of alkyl halides is 3. The molecule has 19 heavy (non-hydrogen) atoms. The molecular weight excluding hydrogens is 261 g/mol. The van der Waals surface area contributed by atoms with E-state index in [1.54, 1.807) is 13.8 Å². The number of rotatable bonds is 4. The number of hydrogen-bond acceptors (Lipinski definition) is 3. The first kappa shape index (κ1) is 15.3. The van der Waals surface area contributed by atoms with E-state index in [0.717, 1.165) is 11.0 Å². The Bertz CT molecular complexity index is 473. The number of carboxylic acids is 1. The van der Waals surface area contributed by atoms with E-state index in [1.165, 1.54) is 13.1 Å². The summed E-state index contributed by atoms with van der Waals surface area (Å²) in [5.74, 6) is -1.26. The highest BCUT2D eigenvalue weighted by molar-refractivity contribution is 5.88. The van der Waals surface area contributed by atoms with E-state index in [2.05, 4.69) is 4.98 Å². The Hall–Kier alpha value is -1.79. The fourth-order valence-electron chi connectivity index (χ4n) is 1.50. The van der Waals surface area contributed by atoms with E-state index in [1.807, 2.05) is 0 Å². The van der Waals surface area contributed by atoms with Crippen LogP contribution in [0.25, 0.3) is 0 Å². The highest BCUT2D eigenvalue weighted by Crippen LogP contribution is 2.23. The number of anilines is 1. The molecule has 0 amide bonds. The van der Waals surface area contributed by atoms with Crippen LogP contribution in [0.1, 0.15) is 35.8 Å². The van der Waals surface area contributed by atoms with Gasteiger partial charge in [-0.25, -0.2) is 9.78 Å². The number of carboxylic acid groups (broad SMARTS) is 1. The number of aromatic carboxylic acids is 1. The predicted molar refractivity (Wildman–Crippen MR) is 64.6 cm³/mol. The lowest BCUT2D eigenvalue weighted by atomic mass is 10.1. The van der Waals surface area contributed by atoms with Gasteiger partial charge in [-0.15, -0.1) is 0 Å². The summed E-state index contributed by atoms with van der Waals surface area (Å²) in [7, 11) is 1.23. The highest BCUT2D eigenvalue weighted by Gasteiger charge is 2.30. The molecule has 0 unspecified atom stereocenters. The van der Waals surface area contributed by atoms with Crippen molar-refractivity contribution >= 4 is 11.8 Å². The molecule has 1 heterocycles. The Morgan fingerprint density at radius 1 is 1.42 bits per heavy atom. The molecule has 0 aromatic carbocycles. The van der Waals surface area contributed by atoms with E-state index >= 15 is 0 Å². The second-order valence-corrected chi connectivity index (χ2v) is 4.57. The molecule has 0 saturated carbocycles. The van der Waals surface area contributed by atoms with Gasteiger partial charge in [0.25, 0.3) is 0 Å². The second-order valence-electron chi connectivity index (χ2n) is 4.57. The Morgan fingerprint density at radius 3 is 2.42 bits per heavy atom. The van der Waals surface area contributed by atoms with Crippen LogP contribution in [-0.4, -0.2) is 35.8 Å². The monoisotopic (exact) mass is 276 g/mol. The van der Waals surface area contributed by atoms with Gasteiger partial charge in [-0.05, 0) is 18.1 Å². The minimum absolute atomic E-state index is 0.000856. The quantitative estimate of drug-likeness (QED) is 0.918. The molecule has 0 spiro atoms. The van der Waals surface area contributed by atoms with E-state index in [-0.39, 0.29) is 17.3 Å². The van der Waals surface area contributed by atoms with Gasteiger partial charge in [0.1, 0.15) is 12.4 Å². The van der Waals surface area contributed by atoms with Crippen molar-refractivity contribution in [1.82, 2.24) is 4.98 Å². The van der Waals surface area contributed by atoms with Gasteiger partial charge in [0.05, 0.1) is 5.56 Å². The number of carbonyl (C=O) groups is 1. The lowest BCUT2D eigenvalue weighted by Crippen LogP contribution is -2.31. The van der Waals surface area contributed by atoms with Crippen LogP contribution in [0.3, 0.4) is 0 Å². The van der Waals surface area contributed by atoms with Gasteiger partial charge in [-0.1, -0.05) is 13.8 Å². The third-order valence-corrected chi connectivity index (χ3v) is 2.48. The van der Waals surface area contributed by atoms with Crippen molar-refractivity contribution in [3.05, 3.63) is 23.4 Å². The molecule has 1 aromatic heterocycles. The fourth-order valence-corrected chi connectivity index (χ4v) is 1.50. The molecular formula is C12H15F3N2O2. The van der Waals surface area contributed by atoms with Crippen LogP contribution in [-0.2, 0) is 0 Å². The zero-order valence-corrected chi connectivity index (χ0v) is 10.8. The van der Waals surface area contributed by atoms with Gasteiger partial charge < -0.3 is 10.0 Å². The second kappa shape index (κ2) is 5.46. The zero-order chi connectivity index (χ0) is 14.8. The number of hydrogen-bond donors (Lipinski definition) is 1. The first-order valence-electron chi connectivity index (χ1n) is 5.63. The van der Waals surface area contributed by atoms with E-state index in [9.17, 15) is 18.0 Å². The molecule has 4 nitrogen and oxygen atoms in total. The first-order chi connectivity index (χ1) is 8.60. The summed E-state index contributed by atoms with van der Waals surface area (Å²) in [5, 5.41) is 8.96. The van der Waals surface area contributed by atoms with Gasteiger partial charge in [-0.3, -0.25) is 0 Å². The summed E-state index contributed by atoms with van der Waals surface area (Å²) >= 11 is 0. The van der Waals surface area contributed by atoms with Crippen LogP contribution in [0.5, 0.6) is 0 Å². The molecule has 0 radical (unpaired) electrons. The predicted octanol–water partition coefficient (Wildman–Crippen LogP) is 2.90. The minimum atomic E-state index is -4.37. The SMILES string of the molecule is CC(C)c1cc(C(=O)O)cc(N(C)CC(F)(F)F)n1. The number of pyridine rings is 1. The molecule has 7 heteroatoms. The summed E-state index contributed by atoms with van der Waals surface area (Å²) in [6.07, 6.45) is -4.37. The normalized spacial score (nSPS) is 11.7. The van der Waals surface area contributed by atoms with Gasteiger partial charge in [-0.2, -0.15) is 13.2 Å². The van der Waals surface area contributed by atoms with E-state index in [0.29, 0.717) is 5.69 Å². The maximum absolute atomic E-state index is 12.3. The highest BCUT2D eigenvalue weighted by atomic mass is 19.4. The van der Waals surface area contributed by atoms with Crippen molar-refractivity contribution < 1.29 is 23.1 Å². The molecule has 106 valence electrons. The Labute approximate surface area is 108 Å². The van der Waals surface area contributed by atoms with Crippen molar-refractivity contribution in [2.24, 2.45) is 0 Å².